The summed E-state index contributed by atoms with van der Waals surface area (Å²) >= 11 is 0. The summed E-state index contributed by atoms with van der Waals surface area (Å²) in [6, 6.07) is 0.620. The van der Waals surface area contributed by atoms with Crippen LogP contribution in [0.4, 0.5) is 0 Å². The molecule has 0 amide bonds. The molecule has 1 fully saturated rings. The van der Waals surface area contributed by atoms with Crippen molar-refractivity contribution < 1.29 is 4.74 Å². The van der Waals surface area contributed by atoms with Crippen LogP contribution in [-0.2, 0) is 4.74 Å². The molecule has 0 aliphatic heterocycles. The maximum Gasteiger partial charge on any atom is 0.0587 e. The van der Waals surface area contributed by atoms with Crippen molar-refractivity contribution in [2.45, 2.75) is 31.7 Å². The minimum atomic E-state index is 0.620. The first kappa shape index (κ1) is 9.68. The van der Waals surface area contributed by atoms with Gasteiger partial charge in [-0.05, 0) is 25.7 Å². The Morgan fingerprint density at radius 1 is 1.50 bits per heavy atom. The van der Waals surface area contributed by atoms with Crippen LogP contribution in [0.1, 0.15) is 25.7 Å². The molecule has 0 saturated heterocycles. The van der Waals surface area contributed by atoms with E-state index >= 15 is 0 Å². The Kier molecular flexibility index (Phi) is 4.25. The molecule has 0 bridgehead atoms. The summed E-state index contributed by atoms with van der Waals surface area (Å²) in [6.45, 7) is 1.72. The van der Waals surface area contributed by atoms with E-state index < -0.39 is 0 Å². The van der Waals surface area contributed by atoms with E-state index in [2.05, 4.69) is 5.32 Å². The van der Waals surface area contributed by atoms with Gasteiger partial charge in [0.15, 0.2) is 0 Å². The lowest BCUT2D eigenvalue weighted by Crippen LogP contribution is -2.35. The van der Waals surface area contributed by atoms with Gasteiger partial charge in [-0.25, -0.2) is 0 Å². The van der Waals surface area contributed by atoms with Gasteiger partial charge in [-0.3, -0.25) is 0 Å². The van der Waals surface area contributed by atoms with E-state index in [1.807, 2.05) is 0 Å². The highest BCUT2D eigenvalue weighted by molar-refractivity contribution is 5.82. The molecule has 70 valence electrons. The molecule has 1 rings (SSSR count). The van der Waals surface area contributed by atoms with Gasteiger partial charge in [0.1, 0.15) is 0 Å². The van der Waals surface area contributed by atoms with E-state index in [4.69, 9.17) is 10.1 Å². The van der Waals surface area contributed by atoms with E-state index in [0.717, 1.165) is 44.5 Å². The van der Waals surface area contributed by atoms with Crippen molar-refractivity contribution in [3.05, 3.63) is 0 Å². The molecule has 3 nitrogen and oxygen atoms in total. The second-order valence-corrected chi connectivity index (χ2v) is 3.32. The smallest absolute Gasteiger partial charge is 0.0587 e. The van der Waals surface area contributed by atoms with Crippen molar-refractivity contribution in [1.29, 1.82) is 5.41 Å². The SMILES string of the molecule is COCCNC1CCC(=N)CC1. The van der Waals surface area contributed by atoms with E-state index in [1.165, 1.54) is 0 Å². The lowest BCUT2D eigenvalue weighted by atomic mass is 9.94. The van der Waals surface area contributed by atoms with Gasteiger partial charge in [0.05, 0.1) is 6.61 Å². The number of methoxy groups -OCH3 is 1. The number of nitrogens with one attached hydrogen (secondary N) is 2. The maximum absolute atomic E-state index is 7.44. The molecule has 0 atom stereocenters. The average Bonchev–Trinajstić information content (AvgIpc) is 2.09. The van der Waals surface area contributed by atoms with E-state index in [-0.39, 0.29) is 0 Å². The molecule has 0 unspecified atom stereocenters. The second kappa shape index (κ2) is 5.27. The number of rotatable bonds is 4. The zero-order valence-electron chi connectivity index (χ0n) is 7.73. The molecule has 0 radical (unpaired) electrons. The second-order valence-electron chi connectivity index (χ2n) is 3.32. The van der Waals surface area contributed by atoms with Crippen LogP contribution < -0.4 is 5.32 Å². The third-order valence-corrected chi connectivity index (χ3v) is 2.33. The third-order valence-electron chi connectivity index (χ3n) is 2.33. The van der Waals surface area contributed by atoms with Gasteiger partial charge in [-0.1, -0.05) is 0 Å². The Balaban J connectivity index is 2.05. The summed E-state index contributed by atoms with van der Waals surface area (Å²) in [4.78, 5) is 0. The summed E-state index contributed by atoms with van der Waals surface area (Å²) in [6.07, 6.45) is 4.21. The Morgan fingerprint density at radius 2 is 2.17 bits per heavy atom. The number of hydrogen-bond acceptors (Lipinski definition) is 3. The molecule has 0 heterocycles. The predicted octanol–water partition coefficient (Wildman–Crippen LogP) is 1.18. The minimum absolute atomic E-state index is 0.620. The number of ether oxygens (including phenoxy) is 1. The molecule has 0 spiro atoms. The summed E-state index contributed by atoms with van der Waals surface area (Å²) in [5.41, 5.74) is 0.916. The Labute approximate surface area is 74.0 Å². The molecular formula is C9H18N2O. The molecule has 1 saturated carbocycles. The number of hydrogen-bond donors (Lipinski definition) is 2. The normalized spacial score (nSPS) is 24.4. The van der Waals surface area contributed by atoms with Crippen LogP contribution >= 0.6 is 0 Å². The fourth-order valence-corrected chi connectivity index (χ4v) is 1.54. The molecule has 0 aromatic carbocycles. The molecular weight excluding hydrogens is 152 g/mol. The largest absolute Gasteiger partial charge is 0.383 e. The van der Waals surface area contributed by atoms with Gasteiger partial charge >= 0.3 is 0 Å². The standard InChI is InChI=1S/C9H18N2O/c1-12-7-6-11-9-4-2-8(10)3-5-9/h9-11H,2-7H2,1H3. The minimum Gasteiger partial charge on any atom is -0.383 e. The van der Waals surface area contributed by atoms with E-state index in [1.54, 1.807) is 7.11 Å². The first-order chi connectivity index (χ1) is 5.83. The van der Waals surface area contributed by atoms with Crippen LogP contribution in [-0.4, -0.2) is 32.0 Å². The molecule has 2 N–H and O–H groups in total. The fraction of sp³-hybridized carbons (Fsp3) is 0.889. The Bertz CT molecular complexity index is 137. The van der Waals surface area contributed by atoms with Gasteiger partial charge in [0.2, 0.25) is 0 Å². The highest BCUT2D eigenvalue weighted by atomic mass is 16.5. The summed E-state index contributed by atoms with van der Waals surface area (Å²) in [5.74, 6) is 0. The topological polar surface area (TPSA) is 45.1 Å². The molecule has 0 aromatic heterocycles. The molecule has 0 aromatic rings. The summed E-state index contributed by atoms with van der Waals surface area (Å²) in [7, 11) is 1.72. The van der Waals surface area contributed by atoms with Crippen molar-refractivity contribution in [3.63, 3.8) is 0 Å². The first-order valence-corrected chi connectivity index (χ1v) is 4.61. The maximum atomic E-state index is 7.44. The van der Waals surface area contributed by atoms with Gasteiger partial charge < -0.3 is 15.5 Å². The quantitative estimate of drug-likeness (QED) is 0.622. The molecule has 3 heteroatoms. The predicted molar refractivity (Wildman–Crippen MR) is 49.9 cm³/mol. The summed E-state index contributed by atoms with van der Waals surface area (Å²) < 4.78 is 4.95. The Morgan fingerprint density at radius 3 is 2.75 bits per heavy atom. The fourth-order valence-electron chi connectivity index (χ4n) is 1.54. The van der Waals surface area contributed by atoms with Crippen LogP contribution in [0.5, 0.6) is 0 Å². The van der Waals surface area contributed by atoms with Gasteiger partial charge in [0, 0.05) is 25.4 Å². The van der Waals surface area contributed by atoms with Crippen molar-refractivity contribution in [3.8, 4) is 0 Å². The zero-order valence-corrected chi connectivity index (χ0v) is 7.73. The average molecular weight is 170 g/mol. The van der Waals surface area contributed by atoms with E-state index in [9.17, 15) is 0 Å². The van der Waals surface area contributed by atoms with Gasteiger partial charge in [-0.15, -0.1) is 0 Å². The zero-order chi connectivity index (χ0) is 8.81. The first-order valence-electron chi connectivity index (χ1n) is 4.61. The molecule has 12 heavy (non-hydrogen) atoms. The van der Waals surface area contributed by atoms with Crippen LogP contribution in [0.15, 0.2) is 0 Å². The van der Waals surface area contributed by atoms with Gasteiger partial charge in [0.25, 0.3) is 0 Å². The molecule has 1 aliphatic carbocycles. The van der Waals surface area contributed by atoms with Crippen LogP contribution in [0.3, 0.4) is 0 Å². The van der Waals surface area contributed by atoms with Crippen molar-refractivity contribution >= 4 is 5.71 Å². The lowest BCUT2D eigenvalue weighted by Gasteiger charge is -2.23. The molecule has 1 aliphatic rings. The van der Waals surface area contributed by atoms with E-state index in [0.29, 0.717) is 6.04 Å². The summed E-state index contributed by atoms with van der Waals surface area (Å²) in [5, 5.41) is 10.9. The highest BCUT2D eigenvalue weighted by Crippen LogP contribution is 2.14. The van der Waals surface area contributed by atoms with Crippen molar-refractivity contribution in [2.24, 2.45) is 0 Å². The van der Waals surface area contributed by atoms with Crippen LogP contribution in [0.25, 0.3) is 0 Å². The van der Waals surface area contributed by atoms with Crippen LogP contribution in [0, 0.1) is 5.41 Å². The van der Waals surface area contributed by atoms with Crippen LogP contribution in [0.2, 0.25) is 0 Å². The Hall–Kier alpha value is -0.410. The van der Waals surface area contributed by atoms with Gasteiger partial charge in [-0.2, -0.15) is 0 Å². The highest BCUT2D eigenvalue weighted by Gasteiger charge is 2.14. The third kappa shape index (κ3) is 3.32. The van der Waals surface area contributed by atoms with Crippen molar-refractivity contribution in [1.82, 2.24) is 5.32 Å². The monoisotopic (exact) mass is 170 g/mol. The van der Waals surface area contributed by atoms with Crippen molar-refractivity contribution in [2.75, 3.05) is 20.3 Å². The lowest BCUT2D eigenvalue weighted by molar-refractivity contribution is 0.194.